The van der Waals surface area contributed by atoms with Crippen molar-refractivity contribution in [2.75, 3.05) is 39.5 Å². The minimum absolute atomic E-state index is 0.389. The van der Waals surface area contributed by atoms with Gasteiger partial charge >= 0.3 is 0 Å². The maximum absolute atomic E-state index is 9.63. The normalized spacial score (nSPS) is 22.0. The van der Waals surface area contributed by atoms with E-state index in [-0.39, 0.29) is 5.41 Å². The summed E-state index contributed by atoms with van der Waals surface area (Å²) in [5, 5.41) is 9.63. The highest BCUT2D eigenvalue weighted by molar-refractivity contribution is 5.37. The van der Waals surface area contributed by atoms with Crippen LogP contribution >= 0.6 is 0 Å². The summed E-state index contributed by atoms with van der Waals surface area (Å²) in [6.45, 7) is 7.92. The van der Waals surface area contributed by atoms with Gasteiger partial charge in [0.25, 0.3) is 0 Å². The third-order valence-corrected chi connectivity index (χ3v) is 5.27. The Balaban J connectivity index is 1.53. The summed E-state index contributed by atoms with van der Waals surface area (Å²) < 4.78 is 11.4. The van der Waals surface area contributed by atoms with Gasteiger partial charge in [-0.05, 0) is 56.5 Å². The molecule has 0 bridgehead atoms. The SMILES string of the molecule is CC(COc1ccc(C2(C#N)CCOCC2)cc1)CN1CCCC1. The first-order chi connectivity index (χ1) is 11.7. The molecule has 130 valence electrons. The minimum atomic E-state index is -0.389. The Kier molecular flexibility index (Phi) is 5.76. The first-order valence-corrected chi connectivity index (χ1v) is 9.16. The highest BCUT2D eigenvalue weighted by Crippen LogP contribution is 2.34. The van der Waals surface area contributed by atoms with E-state index in [9.17, 15) is 5.26 Å². The van der Waals surface area contributed by atoms with Gasteiger partial charge in [0.2, 0.25) is 0 Å². The van der Waals surface area contributed by atoms with Crippen LogP contribution in [-0.2, 0) is 10.2 Å². The fraction of sp³-hybridized carbons (Fsp3) is 0.650. The smallest absolute Gasteiger partial charge is 0.119 e. The molecule has 1 atom stereocenters. The Morgan fingerprint density at radius 3 is 2.50 bits per heavy atom. The van der Waals surface area contributed by atoms with Gasteiger partial charge in [-0.2, -0.15) is 5.26 Å². The molecule has 2 saturated heterocycles. The van der Waals surface area contributed by atoms with E-state index >= 15 is 0 Å². The molecule has 1 unspecified atom stereocenters. The topological polar surface area (TPSA) is 45.5 Å². The Hall–Kier alpha value is -1.57. The molecule has 2 aliphatic rings. The second kappa shape index (κ2) is 8.00. The Labute approximate surface area is 145 Å². The summed E-state index contributed by atoms with van der Waals surface area (Å²) in [7, 11) is 0. The maximum atomic E-state index is 9.63. The molecule has 2 fully saturated rings. The number of rotatable bonds is 6. The maximum Gasteiger partial charge on any atom is 0.119 e. The van der Waals surface area contributed by atoms with Gasteiger partial charge in [-0.1, -0.05) is 19.1 Å². The van der Waals surface area contributed by atoms with Gasteiger partial charge in [0.05, 0.1) is 18.1 Å². The highest BCUT2D eigenvalue weighted by atomic mass is 16.5. The molecular weight excluding hydrogens is 300 g/mol. The Bertz CT molecular complexity index is 552. The number of nitrogens with zero attached hydrogens (tertiary/aromatic N) is 2. The number of likely N-dealkylation sites (tertiary alicyclic amines) is 1. The molecule has 0 aromatic heterocycles. The van der Waals surface area contributed by atoms with Gasteiger partial charge in [0.15, 0.2) is 0 Å². The van der Waals surface area contributed by atoms with E-state index in [4.69, 9.17) is 9.47 Å². The molecule has 0 amide bonds. The summed E-state index contributed by atoms with van der Waals surface area (Å²) in [6, 6.07) is 10.6. The summed E-state index contributed by atoms with van der Waals surface area (Å²) in [5.41, 5.74) is 0.700. The number of ether oxygens (including phenoxy) is 2. The van der Waals surface area contributed by atoms with Crippen LogP contribution in [0.4, 0.5) is 0 Å². The zero-order chi connectivity index (χ0) is 16.8. The van der Waals surface area contributed by atoms with Crippen LogP contribution in [0.15, 0.2) is 24.3 Å². The summed E-state index contributed by atoms with van der Waals surface area (Å²) in [4.78, 5) is 2.53. The van der Waals surface area contributed by atoms with E-state index in [2.05, 4.69) is 30.0 Å². The van der Waals surface area contributed by atoms with E-state index in [1.54, 1.807) is 0 Å². The molecule has 3 rings (SSSR count). The second-order valence-electron chi connectivity index (χ2n) is 7.25. The molecule has 0 aliphatic carbocycles. The van der Waals surface area contributed by atoms with Crippen LogP contribution in [0.25, 0.3) is 0 Å². The van der Waals surface area contributed by atoms with Crippen molar-refractivity contribution in [2.24, 2.45) is 5.92 Å². The molecular formula is C20H28N2O2. The summed E-state index contributed by atoms with van der Waals surface area (Å²) >= 11 is 0. The standard InChI is InChI=1S/C20H28N2O2/c1-17(14-22-10-2-3-11-22)15-24-19-6-4-18(5-7-19)20(16-21)8-12-23-13-9-20/h4-7,17H,2-3,8-15H2,1H3. The average molecular weight is 328 g/mol. The van der Waals surface area contributed by atoms with Crippen LogP contribution in [0.2, 0.25) is 0 Å². The van der Waals surface area contributed by atoms with Crippen molar-refractivity contribution >= 4 is 0 Å². The molecule has 1 aromatic rings. The Morgan fingerprint density at radius 1 is 1.21 bits per heavy atom. The van der Waals surface area contributed by atoms with E-state index in [1.807, 2.05) is 12.1 Å². The Morgan fingerprint density at radius 2 is 1.88 bits per heavy atom. The number of hydrogen-bond acceptors (Lipinski definition) is 4. The second-order valence-corrected chi connectivity index (χ2v) is 7.25. The van der Waals surface area contributed by atoms with E-state index in [0.29, 0.717) is 19.1 Å². The molecule has 0 spiro atoms. The third kappa shape index (κ3) is 4.09. The van der Waals surface area contributed by atoms with E-state index < -0.39 is 0 Å². The van der Waals surface area contributed by atoms with Gasteiger partial charge in [-0.25, -0.2) is 0 Å². The average Bonchev–Trinajstić information content (AvgIpc) is 3.14. The van der Waals surface area contributed by atoms with Crippen LogP contribution in [0, 0.1) is 17.2 Å². The zero-order valence-electron chi connectivity index (χ0n) is 14.7. The zero-order valence-corrected chi connectivity index (χ0v) is 14.7. The molecule has 2 aliphatic heterocycles. The summed E-state index contributed by atoms with van der Waals surface area (Å²) in [6.07, 6.45) is 4.22. The monoisotopic (exact) mass is 328 g/mol. The highest BCUT2D eigenvalue weighted by Gasteiger charge is 2.34. The van der Waals surface area contributed by atoms with E-state index in [1.165, 1.54) is 25.9 Å². The van der Waals surface area contributed by atoms with Crippen LogP contribution in [0.5, 0.6) is 5.75 Å². The number of nitriles is 1. The molecule has 4 heteroatoms. The van der Waals surface area contributed by atoms with Crippen LogP contribution in [0.1, 0.15) is 38.2 Å². The number of benzene rings is 1. The lowest BCUT2D eigenvalue weighted by atomic mass is 9.75. The molecule has 4 nitrogen and oxygen atoms in total. The van der Waals surface area contributed by atoms with Crippen molar-refractivity contribution in [1.29, 1.82) is 5.26 Å². The summed E-state index contributed by atoms with van der Waals surface area (Å²) in [5.74, 6) is 1.43. The third-order valence-electron chi connectivity index (χ3n) is 5.27. The fourth-order valence-electron chi connectivity index (χ4n) is 3.75. The van der Waals surface area contributed by atoms with Gasteiger partial charge in [0, 0.05) is 25.7 Å². The molecule has 0 N–H and O–H groups in total. The molecule has 2 heterocycles. The lowest BCUT2D eigenvalue weighted by molar-refractivity contribution is 0.0675. The quantitative estimate of drug-likeness (QED) is 0.803. The van der Waals surface area contributed by atoms with Crippen LogP contribution in [-0.4, -0.2) is 44.4 Å². The van der Waals surface area contributed by atoms with Gasteiger partial charge in [-0.3, -0.25) is 0 Å². The van der Waals surface area contributed by atoms with Crippen molar-refractivity contribution in [1.82, 2.24) is 4.90 Å². The van der Waals surface area contributed by atoms with Crippen molar-refractivity contribution in [2.45, 2.75) is 38.0 Å². The fourth-order valence-corrected chi connectivity index (χ4v) is 3.75. The van der Waals surface area contributed by atoms with Crippen LogP contribution < -0.4 is 4.74 Å². The lowest BCUT2D eigenvalue weighted by Gasteiger charge is -2.31. The predicted octanol–water partition coefficient (Wildman–Crippen LogP) is 3.37. The molecule has 0 saturated carbocycles. The largest absolute Gasteiger partial charge is 0.493 e. The van der Waals surface area contributed by atoms with Crippen molar-refractivity contribution < 1.29 is 9.47 Å². The molecule has 0 radical (unpaired) electrons. The van der Waals surface area contributed by atoms with Crippen LogP contribution in [0.3, 0.4) is 0 Å². The van der Waals surface area contributed by atoms with Crippen molar-refractivity contribution in [3.05, 3.63) is 29.8 Å². The lowest BCUT2D eigenvalue weighted by Crippen LogP contribution is -2.32. The van der Waals surface area contributed by atoms with Gasteiger partial charge in [-0.15, -0.1) is 0 Å². The molecule has 1 aromatic carbocycles. The number of hydrogen-bond donors (Lipinski definition) is 0. The first-order valence-electron chi connectivity index (χ1n) is 9.16. The minimum Gasteiger partial charge on any atom is -0.493 e. The van der Waals surface area contributed by atoms with Crippen molar-refractivity contribution in [3.63, 3.8) is 0 Å². The van der Waals surface area contributed by atoms with E-state index in [0.717, 1.165) is 37.3 Å². The predicted molar refractivity (Wildman–Crippen MR) is 94.1 cm³/mol. The van der Waals surface area contributed by atoms with Gasteiger partial charge < -0.3 is 14.4 Å². The van der Waals surface area contributed by atoms with Crippen molar-refractivity contribution in [3.8, 4) is 11.8 Å². The van der Waals surface area contributed by atoms with Gasteiger partial charge in [0.1, 0.15) is 5.75 Å². The molecule has 24 heavy (non-hydrogen) atoms. The first kappa shape index (κ1) is 17.3.